The summed E-state index contributed by atoms with van der Waals surface area (Å²) in [5.41, 5.74) is 0.862. The highest BCUT2D eigenvalue weighted by atomic mass is 16.3. The van der Waals surface area contributed by atoms with Gasteiger partial charge >= 0.3 is 5.69 Å². The van der Waals surface area contributed by atoms with Crippen LogP contribution in [0.25, 0.3) is 16.9 Å². The molecule has 0 radical (unpaired) electrons. The number of aryl methyl sites for hydroxylation is 1. The summed E-state index contributed by atoms with van der Waals surface area (Å²) in [5, 5.41) is 12.4. The maximum atomic E-state index is 12.5. The number of imidazole rings is 1. The number of allylic oxidation sites excluding steroid dienone is 2. The second-order valence-electron chi connectivity index (χ2n) is 5.29. The Balaban J connectivity index is 2.52. The van der Waals surface area contributed by atoms with Gasteiger partial charge in [0.05, 0.1) is 11.0 Å². The van der Waals surface area contributed by atoms with E-state index >= 15 is 0 Å². The van der Waals surface area contributed by atoms with Crippen molar-refractivity contribution in [1.29, 1.82) is 0 Å². The Hall–Kier alpha value is -2.76. The molecule has 0 bridgehead atoms. The van der Waals surface area contributed by atoms with Crippen LogP contribution in [0.2, 0.25) is 0 Å². The van der Waals surface area contributed by atoms with Crippen molar-refractivity contribution in [1.82, 2.24) is 14.5 Å². The van der Waals surface area contributed by atoms with E-state index in [9.17, 15) is 14.7 Å². The molecule has 1 aromatic heterocycles. The monoisotopic (exact) mass is 315 g/mol. The van der Waals surface area contributed by atoms with Crippen LogP contribution in [0.5, 0.6) is 5.75 Å². The van der Waals surface area contributed by atoms with Gasteiger partial charge in [0.1, 0.15) is 11.6 Å². The number of hydrogen-bond donors (Lipinski definition) is 2. The zero-order chi connectivity index (χ0) is 17.0. The Bertz CT molecular complexity index is 827. The van der Waals surface area contributed by atoms with Gasteiger partial charge < -0.3 is 10.4 Å². The molecule has 6 heteroatoms. The number of phenols is 1. The van der Waals surface area contributed by atoms with Crippen LogP contribution >= 0.6 is 0 Å². The van der Waals surface area contributed by atoms with Crippen molar-refractivity contribution in [3.63, 3.8) is 0 Å². The molecule has 2 rings (SSSR count). The van der Waals surface area contributed by atoms with Gasteiger partial charge in [0.15, 0.2) is 0 Å². The number of nitrogens with one attached hydrogen (secondary N) is 1. The summed E-state index contributed by atoms with van der Waals surface area (Å²) in [6.45, 7) is 5.65. The van der Waals surface area contributed by atoms with Crippen molar-refractivity contribution >= 4 is 22.8 Å². The van der Waals surface area contributed by atoms with E-state index in [2.05, 4.69) is 11.9 Å². The largest absolute Gasteiger partial charge is 0.508 e. The van der Waals surface area contributed by atoms with E-state index in [0.29, 0.717) is 23.3 Å². The van der Waals surface area contributed by atoms with E-state index in [-0.39, 0.29) is 17.3 Å². The molecule has 1 heterocycles. The van der Waals surface area contributed by atoms with Crippen LogP contribution in [0, 0.1) is 0 Å². The molecule has 122 valence electrons. The van der Waals surface area contributed by atoms with Gasteiger partial charge in [-0.3, -0.25) is 9.36 Å². The second-order valence-corrected chi connectivity index (χ2v) is 5.29. The lowest BCUT2D eigenvalue weighted by Gasteiger charge is -2.10. The number of carbonyl (C=O) groups excluding carboxylic acids is 1. The molecule has 23 heavy (non-hydrogen) atoms. The number of fused-ring (bicyclic) bond motifs is 1. The molecule has 1 amide bonds. The fourth-order valence-corrected chi connectivity index (χ4v) is 2.38. The van der Waals surface area contributed by atoms with Gasteiger partial charge in [-0.15, -0.1) is 0 Å². The smallest absolute Gasteiger partial charge is 0.334 e. The summed E-state index contributed by atoms with van der Waals surface area (Å²) in [4.78, 5) is 24.5. The number of hydrogen-bond acceptors (Lipinski definition) is 3. The van der Waals surface area contributed by atoms with E-state index in [1.165, 1.54) is 27.3 Å². The summed E-state index contributed by atoms with van der Waals surface area (Å²) < 4.78 is 2.82. The molecular formula is C17H21N3O3. The highest BCUT2D eigenvalue weighted by Gasteiger charge is 2.16. The minimum absolute atomic E-state index is 0.0754. The molecule has 0 saturated carbocycles. The number of rotatable bonds is 6. The van der Waals surface area contributed by atoms with Crippen LogP contribution in [-0.4, -0.2) is 20.1 Å². The molecule has 0 saturated heterocycles. The molecule has 0 aliphatic carbocycles. The van der Waals surface area contributed by atoms with Gasteiger partial charge in [-0.25, -0.2) is 9.36 Å². The summed E-state index contributed by atoms with van der Waals surface area (Å²) in [6, 6.07) is 4.65. The number of nitrogens with zero attached hydrogens (tertiary/aromatic N) is 2. The first-order chi connectivity index (χ1) is 11.0. The number of amides is 1. The van der Waals surface area contributed by atoms with Gasteiger partial charge in [-0.05, 0) is 24.6 Å². The van der Waals surface area contributed by atoms with E-state index in [1.54, 1.807) is 19.2 Å². The zero-order valence-electron chi connectivity index (χ0n) is 13.4. The van der Waals surface area contributed by atoms with Crippen LogP contribution in [0.15, 0.2) is 41.7 Å². The first-order valence-electron chi connectivity index (χ1n) is 7.53. The van der Waals surface area contributed by atoms with Crippen molar-refractivity contribution in [2.24, 2.45) is 7.05 Å². The lowest BCUT2D eigenvalue weighted by molar-refractivity contribution is -0.120. The molecule has 0 fully saturated rings. The molecule has 0 unspecified atom stereocenters. The highest BCUT2D eigenvalue weighted by molar-refractivity contribution is 5.87. The Kier molecular flexibility index (Phi) is 5.05. The van der Waals surface area contributed by atoms with Crippen LogP contribution in [0.4, 0.5) is 0 Å². The average Bonchev–Trinajstić information content (AvgIpc) is 2.76. The van der Waals surface area contributed by atoms with Crippen molar-refractivity contribution in [2.75, 3.05) is 0 Å². The summed E-state index contributed by atoms with van der Waals surface area (Å²) in [6.07, 6.45) is 5.19. The number of aromatic hydroxyl groups is 1. The average molecular weight is 315 g/mol. The lowest BCUT2D eigenvalue weighted by Crippen LogP contribution is -2.31. The van der Waals surface area contributed by atoms with Gasteiger partial charge in [0.25, 0.3) is 0 Å². The van der Waals surface area contributed by atoms with Gasteiger partial charge in [-0.1, -0.05) is 26.0 Å². The maximum absolute atomic E-state index is 12.5. The fraction of sp³-hybridized carbons (Fsp3) is 0.294. The second kappa shape index (κ2) is 7.00. The lowest BCUT2D eigenvalue weighted by atomic mass is 10.2. The number of unbranched alkanes of at least 4 members (excludes halogenated alkanes) is 1. The minimum atomic E-state index is -0.311. The predicted molar refractivity (Wildman–Crippen MR) is 91.0 cm³/mol. The number of carbonyl (C=O) groups is 1. The van der Waals surface area contributed by atoms with Crippen molar-refractivity contribution in [3.8, 4) is 5.75 Å². The van der Waals surface area contributed by atoms with Gasteiger partial charge in [-0.2, -0.15) is 0 Å². The zero-order valence-corrected chi connectivity index (χ0v) is 13.4. The standard InChI is InChI=1S/C17H21N3O3/c1-4-6-8-16(22)18-15(7-5-2)20-13-10-9-12(21)11-14(13)19(3)17(20)23/h5,7,9-11,21H,2,4,6,8H2,1,3H3,(H,18,22)/b15-7+. The van der Waals surface area contributed by atoms with Crippen molar-refractivity contribution in [3.05, 3.63) is 47.4 Å². The molecular weight excluding hydrogens is 294 g/mol. The molecule has 2 N–H and O–H groups in total. The number of phenolic OH excluding ortho intramolecular Hbond substituents is 1. The van der Waals surface area contributed by atoms with E-state index < -0.39 is 0 Å². The molecule has 2 aromatic rings. The number of benzene rings is 1. The normalized spacial score (nSPS) is 11.7. The Morgan fingerprint density at radius 2 is 2.13 bits per heavy atom. The van der Waals surface area contributed by atoms with Gasteiger partial charge in [0.2, 0.25) is 5.91 Å². The topological polar surface area (TPSA) is 76.3 Å². The Morgan fingerprint density at radius 1 is 1.39 bits per heavy atom. The first kappa shape index (κ1) is 16.6. The SMILES string of the molecule is C=C/C=C(\NC(=O)CCCC)n1c(=O)n(C)c2cc(O)ccc21. The van der Waals surface area contributed by atoms with Crippen LogP contribution in [0.3, 0.4) is 0 Å². The molecule has 6 nitrogen and oxygen atoms in total. The third-order valence-corrected chi connectivity index (χ3v) is 3.58. The number of aromatic nitrogens is 2. The van der Waals surface area contributed by atoms with Crippen LogP contribution < -0.4 is 11.0 Å². The molecule has 0 spiro atoms. The van der Waals surface area contributed by atoms with E-state index in [1.807, 2.05) is 6.92 Å². The minimum Gasteiger partial charge on any atom is -0.508 e. The molecule has 0 aliphatic heterocycles. The summed E-state index contributed by atoms with van der Waals surface area (Å²) in [5.74, 6) is 0.275. The Morgan fingerprint density at radius 3 is 2.78 bits per heavy atom. The summed E-state index contributed by atoms with van der Waals surface area (Å²) in [7, 11) is 1.62. The third kappa shape index (κ3) is 3.36. The quantitative estimate of drug-likeness (QED) is 0.803. The van der Waals surface area contributed by atoms with Crippen molar-refractivity contribution < 1.29 is 9.90 Å². The summed E-state index contributed by atoms with van der Waals surface area (Å²) >= 11 is 0. The first-order valence-corrected chi connectivity index (χ1v) is 7.53. The molecule has 0 aliphatic rings. The Labute approximate surface area is 134 Å². The van der Waals surface area contributed by atoms with E-state index in [4.69, 9.17) is 0 Å². The fourth-order valence-electron chi connectivity index (χ4n) is 2.38. The molecule has 1 aromatic carbocycles. The predicted octanol–water partition coefficient (Wildman–Crippen LogP) is 2.34. The third-order valence-electron chi connectivity index (χ3n) is 3.58. The van der Waals surface area contributed by atoms with E-state index in [0.717, 1.165) is 12.8 Å². The van der Waals surface area contributed by atoms with Crippen LogP contribution in [-0.2, 0) is 11.8 Å². The van der Waals surface area contributed by atoms with Crippen LogP contribution in [0.1, 0.15) is 26.2 Å². The van der Waals surface area contributed by atoms with Gasteiger partial charge in [0, 0.05) is 19.5 Å². The van der Waals surface area contributed by atoms with Crippen molar-refractivity contribution in [2.45, 2.75) is 26.2 Å². The maximum Gasteiger partial charge on any atom is 0.334 e. The molecule has 0 atom stereocenters. The highest BCUT2D eigenvalue weighted by Crippen LogP contribution is 2.20.